The number of hydrogen-bond donors (Lipinski definition) is 1. The topological polar surface area (TPSA) is 89.6 Å². The normalized spacial score (nSPS) is 22.3. The lowest BCUT2D eigenvalue weighted by atomic mass is 10.2. The Morgan fingerprint density at radius 1 is 1.21 bits per heavy atom. The van der Waals surface area contributed by atoms with Gasteiger partial charge in [0.2, 0.25) is 5.91 Å². The van der Waals surface area contributed by atoms with Gasteiger partial charge in [-0.3, -0.25) is 4.79 Å². The van der Waals surface area contributed by atoms with Crippen LogP contribution >= 0.6 is 0 Å². The van der Waals surface area contributed by atoms with E-state index in [0.29, 0.717) is 31.1 Å². The number of nitrogens with zero attached hydrogens (tertiary/aromatic N) is 4. The number of rotatable bonds is 5. The average molecular weight is 417 g/mol. The second-order valence-corrected chi connectivity index (χ2v) is 9.97. The predicted octanol–water partition coefficient (Wildman–Crippen LogP) is -0.746. The molecular formula is C20H26N5O3S+. The minimum absolute atomic E-state index is 0.0410. The largest absolute Gasteiger partial charge is 0.329 e. The van der Waals surface area contributed by atoms with Gasteiger partial charge in [-0.1, -0.05) is 35.5 Å². The molecule has 2 aliphatic heterocycles. The Morgan fingerprint density at radius 2 is 1.97 bits per heavy atom. The summed E-state index contributed by atoms with van der Waals surface area (Å²) in [5.74, 6) is 0.549. The molecule has 2 aromatic rings. The van der Waals surface area contributed by atoms with E-state index in [2.05, 4.69) is 10.3 Å². The van der Waals surface area contributed by atoms with Gasteiger partial charge < -0.3 is 9.80 Å². The molecule has 29 heavy (non-hydrogen) atoms. The molecule has 1 N–H and O–H groups in total. The average Bonchev–Trinajstić information content (AvgIpc) is 3.33. The van der Waals surface area contributed by atoms with Gasteiger partial charge in [-0.25, -0.2) is 13.1 Å². The molecule has 4 rings (SSSR count). The molecule has 1 aromatic heterocycles. The first kappa shape index (κ1) is 19.8. The highest BCUT2D eigenvalue weighted by Gasteiger charge is 2.37. The molecular weight excluding hydrogens is 390 g/mol. The molecule has 1 amide bonds. The number of carbonyl (C=O) groups excluding carboxylic acids is 1. The molecule has 0 spiro atoms. The van der Waals surface area contributed by atoms with Gasteiger partial charge in [-0.05, 0) is 11.6 Å². The first-order valence-electron chi connectivity index (χ1n) is 9.94. The van der Waals surface area contributed by atoms with Crippen molar-refractivity contribution < 1.29 is 18.1 Å². The molecule has 0 aliphatic carbocycles. The third-order valence-corrected chi connectivity index (χ3v) is 7.44. The minimum Gasteiger partial charge on any atom is -0.329 e. The van der Waals surface area contributed by atoms with Crippen molar-refractivity contribution in [3.63, 3.8) is 0 Å². The van der Waals surface area contributed by atoms with Gasteiger partial charge >= 0.3 is 0 Å². The van der Waals surface area contributed by atoms with Crippen LogP contribution in [0.5, 0.6) is 0 Å². The van der Waals surface area contributed by atoms with E-state index < -0.39 is 9.84 Å². The van der Waals surface area contributed by atoms with Crippen LogP contribution in [-0.2, 0) is 21.2 Å². The van der Waals surface area contributed by atoms with Crippen molar-refractivity contribution in [2.45, 2.75) is 19.0 Å². The Kier molecular flexibility index (Phi) is 5.77. The maximum Gasteiger partial charge on any atom is 0.247 e. The zero-order chi connectivity index (χ0) is 20.3. The highest BCUT2D eigenvalue weighted by molar-refractivity contribution is 7.91. The SMILES string of the molecule is O=C(/C=C/c1cn(Cc2ccccc2)nn1)N1CC[NH+]([C@@H]2CCS(=O)(=O)C2)CC1. The van der Waals surface area contributed by atoms with Crippen LogP contribution in [0.1, 0.15) is 17.7 Å². The number of aromatic nitrogens is 3. The summed E-state index contributed by atoms with van der Waals surface area (Å²) in [5.41, 5.74) is 1.79. The highest BCUT2D eigenvalue weighted by atomic mass is 32.2. The first-order valence-corrected chi connectivity index (χ1v) is 11.8. The van der Waals surface area contributed by atoms with Crippen molar-refractivity contribution in [1.82, 2.24) is 19.9 Å². The second-order valence-electron chi connectivity index (χ2n) is 7.74. The van der Waals surface area contributed by atoms with Gasteiger partial charge in [-0.2, -0.15) is 0 Å². The Labute approximate surface area is 170 Å². The van der Waals surface area contributed by atoms with Gasteiger partial charge in [0.25, 0.3) is 0 Å². The van der Waals surface area contributed by atoms with Crippen LogP contribution in [-0.4, -0.2) is 77.9 Å². The number of sulfone groups is 1. The Morgan fingerprint density at radius 3 is 2.66 bits per heavy atom. The van der Waals surface area contributed by atoms with E-state index in [1.165, 1.54) is 4.90 Å². The molecule has 2 saturated heterocycles. The fourth-order valence-corrected chi connectivity index (χ4v) is 5.86. The fourth-order valence-electron chi connectivity index (χ4n) is 4.04. The first-order chi connectivity index (χ1) is 14.0. The van der Waals surface area contributed by atoms with Crippen LogP contribution in [0.4, 0.5) is 0 Å². The maximum absolute atomic E-state index is 12.5. The lowest BCUT2D eigenvalue weighted by Gasteiger charge is -2.34. The molecule has 0 bridgehead atoms. The van der Waals surface area contributed by atoms with Gasteiger partial charge in [0.15, 0.2) is 9.84 Å². The van der Waals surface area contributed by atoms with Crippen LogP contribution in [0.25, 0.3) is 6.08 Å². The molecule has 0 saturated carbocycles. The smallest absolute Gasteiger partial charge is 0.247 e. The van der Waals surface area contributed by atoms with Crippen molar-refractivity contribution >= 4 is 21.8 Å². The summed E-state index contributed by atoms with van der Waals surface area (Å²) in [4.78, 5) is 15.6. The third kappa shape index (κ3) is 5.10. The predicted molar refractivity (Wildman–Crippen MR) is 109 cm³/mol. The van der Waals surface area contributed by atoms with E-state index in [0.717, 1.165) is 25.1 Å². The molecule has 0 unspecified atom stereocenters. The molecule has 2 fully saturated rings. The van der Waals surface area contributed by atoms with E-state index in [1.807, 2.05) is 41.4 Å². The van der Waals surface area contributed by atoms with Crippen molar-refractivity contribution in [2.75, 3.05) is 37.7 Å². The Bertz CT molecular complexity index is 979. The van der Waals surface area contributed by atoms with E-state index in [9.17, 15) is 13.2 Å². The Balaban J connectivity index is 1.27. The van der Waals surface area contributed by atoms with Crippen molar-refractivity contribution in [3.8, 4) is 0 Å². The third-order valence-electron chi connectivity index (χ3n) is 5.67. The summed E-state index contributed by atoms with van der Waals surface area (Å²) in [6, 6.07) is 10.2. The number of benzene rings is 1. The highest BCUT2D eigenvalue weighted by Crippen LogP contribution is 2.09. The van der Waals surface area contributed by atoms with Crippen LogP contribution in [0.3, 0.4) is 0 Å². The van der Waals surface area contributed by atoms with Crippen molar-refractivity contribution in [1.29, 1.82) is 0 Å². The van der Waals surface area contributed by atoms with Gasteiger partial charge in [-0.15, -0.1) is 5.10 Å². The quantitative estimate of drug-likeness (QED) is 0.648. The maximum atomic E-state index is 12.5. The number of hydrogen-bond acceptors (Lipinski definition) is 5. The summed E-state index contributed by atoms with van der Waals surface area (Å²) < 4.78 is 25.1. The van der Waals surface area contributed by atoms with E-state index >= 15 is 0 Å². The summed E-state index contributed by atoms with van der Waals surface area (Å²) in [7, 11) is -2.86. The van der Waals surface area contributed by atoms with Gasteiger partial charge in [0.05, 0.1) is 44.7 Å². The molecule has 0 radical (unpaired) electrons. The lowest BCUT2D eigenvalue weighted by molar-refractivity contribution is -0.925. The van der Waals surface area contributed by atoms with E-state index in [1.54, 1.807) is 16.8 Å². The van der Waals surface area contributed by atoms with E-state index in [-0.39, 0.29) is 17.7 Å². The second kappa shape index (κ2) is 8.46. The summed E-state index contributed by atoms with van der Waals surface area (Å²) in [6.45, 7) is 3.53. The molecule has 8 nitrogen and oxygen atoms in total. The zero-order valence-corrected chi connectivity index (χ0v) is 17.1. The summed E-state index contributed by atoms with van der Waals surface area (Å²) in [5, 5.41) is 8.21. The van der Waals surface area contributed by atoms with Gasteiger partial charge in [0.1, 0.15) is 17.5 Å². The molecule has 2 aliphatic rings. The minimum atomic E-state index is -2.86. The monoisotopic (exact) mass is 416 g/mol. The van der Waals surface area contributed by atoms with Crippen LogP contribution in [0.2, 0.25) is 0 Å². The molecule has 1 atom stereocenters. The summed E-state index contributed by atoms with van der Waals surface area (Å²) in [6.07, 6.45) is 5.80. The van der Waals surface area contributed by atoms with Crippen LogP contribution < -0.4 is 4.90 Å². The molecule has 3 heterocycles. The Hall–Kier alpha value is -2.52. The number of quaternary nitrogens is 1. The fraction of sp³-hybridized carbons (Fsp3) is 0.450. The number of nitrogens with one attached hydrogen (secondary N) is 1. The molecule has 9 heteroatoms. The van der Waals surface area contributed by atoms with Crippen LogP contribution in [0, 0.1) is 0 Å². The van der Waals surface area contributed by atoms with Crippen LogP contribution in [0.15, 0.2) is 42.6 Å². The number of piperazine rings is 1. The standard InChI is InChI=1S/C20H25N5O3S/c26-20(24-11-9-23(10-12-24)19-8-13-29(27,28)16-19)7-6-18-15-25(22-21-18)14-17-4-2-1-3-5-17/h1-7,15,19H,8-14,16H2/p+1/b7-6+/t19-/m1/s1. The summed E-state index contributed by atoms with van der Waals surface area (Å²) >= 11 is 0. The van der Waals surface area contributed by atoms with Gasteiger partial charge in [0, 0.05) is 12.5 Å². The number of carbonyl (C=O) groups is 1. The molecule has 1 aromatic carbocycles. The van der Waals surface area contributed by atoms with Crippen molar-refractivity contribution in [3.05, 3.63) is 53.9 Å². The zero-order valence-electron chi connectivity index (χ0n) is 16.3. The van der Waals surface area contributed by atoms with Crippen molar-refractivity contribution in [2.24, 2.45) is 0 Å². The lowest BCUT2D eigenvalue weighted by Crippen LogP contribution is -3.18. The molecule has 154 valence electrons. The number of amides is 1. The van der Waals surface area contributed by atoms with E-state index in [4.69, 9.17) is 0 Å².